The fourth-order valence-electron chi connectivity index (χ4n) is 1.06. The summed E-state index contributed by atoms with van der Waals surface area (Å²) in [5, 5.41) is 2.26. The summed E-state index contributed by atoms with van der Waals surface area (Å²) in [5.74, 6) is 0. The number of alkyl halides is 1. The molecule has 0 saturated carbocycles. The minimum atomic E-state index is 0.632. The van der Waals surface area contributed by atoms with Crippen molar-refractivity contribution in [2.24, 2.45) is 0 Å². The molecule has 0 aromatic heterocycles. The van der Waals surface area contributed by atoms with Gasteiger partial charge in [-0.3, -0.25) is 0 Å². The van der Waals surface area contributed by atoms with E-state index in [1.165, 1.54) is 5.56 Å². The van der Waals surface area contributed by atoms with Gasteiger partial charge >= 0.3 is 0 Å². The third-order valence-corrected chi connectivity index (χ3v) is 3.11. The van der Waals surface area contributed by atoms with Gasteiger partial charge in [-0.1, -0.05) is 45.2 Å². The smallest absolute Gasteiger partial charge is 0.0624 e. The van der Waals surface area contributed by atoms with E-state index in [0.717, 1.165) is 17.3 Å². The molecule has 0 amide bonds. The first kappa shape index (κ1) is 10.4. The predicted octanol–water partition coefficient (Wildman–Crippen LogP) is 4.24. The quantitative estimate of drug-likeness (QED) is 0.704. The third kappa shape index (κ3) is 2.15. The number of benzene rings is 1. The summed E-state index contributed by atoms with van der Waals surface area (Å²) >= 11 is 15.2. The fraction of sp³-hybridized carbons (Fsp3) is 0.333. The van der Waals surface area contributed by atoms with E-state index in [1.54, 1.807) is 0 Å². The first-order chi connectivity index (χ1) is 5.66. The molecule has 1 aromatic carbocycles. The molecule has 0 N–H and O–H groups in total. The van der Waals surface area contributed by atoms with Crippen LogP contribution in [0, 0.1) is 6.92 Å². The predicted molar refractivity (Wildman–Crippen MR) is 58.7 cm³/mol. The minimum Gasteiger partial charge on any atom is -0.0924 e. The maximum absolute atomic E-state index is 5.97. The van der Waals surface area contributed by atoms with Crippen LogP contribution in [0.15, 0.2) is 12.1 Å². The Hall–Kier alpha value is 0.280. The molecule has 0 unspecified atom stereocenters. The van der Waals surface area contributed by atoms with Crippen molar-refractivity contribution in [3.05, 3.63) is 33.3 Å². The van der Waals surface area contributed by atoms with Crippen LogP contribution in [-0.4, -0.2) is 5.33 Å². The summed E-state index contributed by atoms with van der Waals surface area (Å²) in [6, 6.07) is 3.86. The summed E-state index contributed by atoms with van der Waals surface area (Å²) < 4.78 is 0. The molecule has 1 rings (SSSR count). The molecule has 0 aliphatic rings. The van der Waals surface area contributed by atoms with Gasteiger partial charge in [0.1, 0.15) is 0 Å². The number of halogens is 3. The Morgan fingerprint density at radius 1 is 1.33 bits per heavy atom. The van der Waals surface area contributed by atoms with E-state index in [4.69, 9.17) is 23.2 Å². The molecular formula is C9H9BrCl2. The maximum Gasteiger partial charge on any atom is 0.0624 e. The summed E-state index contributed by atoms with van der Waals surface area (Å²) in [4.78, 5) is 0. The van der Waals surface area contributed by atoms with Crippen molar-refractivity contribution in [3.63, 3.8) is 0 Å². The standard InChI is InChI=1S/C9H9BrCl2/c1-6-7(4-5-10)2-3-8(11)9(6)12/h2-3H,4-5H2,1H3. The van der Waals surface area contributed by atoms with Crippen LogP contribution in [0.2, 0.25) is 10.0 Å². The first-order valence-electron chi connectivity index (χ1n) is 3.66. The molecule has 0 bridgehead atoms. The van der Waals surface area contributed by atoms with E-state index in [1.807, 2.05) is 19.1 Å². The topological polar surface area (TPSA) is 0 Å². The van der Waals surface area contributed by atoms with Gasteiger partial charge < -0.3 is 0 Å². The van der Waals surface area contributed by atoms with E-state index in [0.29, 0.717) is 10.0 Å². The summed E-state index contributed by atoms with van der Waals surface area (Å²) in [7, 11) is 0. The average molecular weight is 268 g/mol. The monoisotopic (exact) mass is 266 g/mol. The molecule has 12 heavy (non-hydrogen) atoms. The molecular weight excluding hydrogens is 259 g/mol. The van der Waals surface area contributed by atoms with Crippen LogP contribution < -0.4 is 0 Å². The second kappa shape index (κ2) is 4.50. The largest absolute Gasteiger partial charge is 0.0924 e. The normalized spacial score (nSPS) is 10.3. The molecule has 0 saturated heterocycles. The lowest BCUT2D eigenvalue weighted by atomic mass is 10.1. The van der Waals surface area contributed by atoms with Crippen LogP contribution in [0.3, 0.4) is 0 Å². The molecule has 0 heterocycles. The zero-order chi connectivity index (χ0) is 9.14. The molecule has 0 spiro atoms. The van der Waals surface area contributed by atoms with Gasteiger partial charge in [0.25, 0.3) is 0 Å². The molecule has 1 aromatic rings. The van der Waals surface area contributed by atoms with Gasteiger partial charge in [0, 0.05) is 5.33 Å². The Balaban J connectivity index is 3.08. The SMILES string of the molecule is Cc1c(CCBr)ccc(Cl)c1Cl. The first-order valence-corrected chi connectivity index (χ1v) is 5.54. The van der Waals surface area contributed by atoms with Gasteiger partial charge in [0.05, 0.1) is 10.0 Å². The Bertz CT molecular complexity index is 284. The Labute approximate surface area is 91.0 Å². The zero-order valence-electron chi connectivity index (χ0n) is 6.70. The van der Waals surface area contributed by atoms with E-state index in [2.05, 4.69) is 15.9 Å². The Morgan fingerprint density at radius 2 is 2.00 bits per heavy atom. The maximum atomic E-state index is 5.97. The molecule has 0 aliphatic heterocycles. The summed E-state index contributed by atoms with van der Waals surface area (Å²) in [5.41, 5.74) is 2.34. The van der Waals surface area contributed by atoms with Crippen LogP contribution in [0.25, 0.3) is 0 Å². The van der Waals surface area contributed by atoms with E-state index in [9.17, 15) is 0 Å². The lowest BCUT2D eigenvalue weighted by molar-refractivity contribution is 1.13. The van der Waals surface area contributed by atoms with Crippen molar-refractivity contribution in [1.82, 2.24) is 0 Å². The second-order valence-corrected chi connectivity index (χ2v) is 4.16. The van der Waals surface area contributed by atoms with Crippen LogP contribution in [0.1, 0.15) is 11.1 Å². The summed E-state index contributed by atoms with van der Waals surface area (Å²) in [6.45, 7) is 1.99. The van der Waals surface area contributed by atoms with Crippen molar-refractivity contribution in [1.29, 1.82) is 0 Å². The van der Waals surface area contributed by atoms with E-state index < -0.39 is 0 Å². The molecule has 0 aliphatic carbocycles. The van der Waals surface area contributed by atoms with Gasteiger partial charge in [0.2, 0.25) is 0 Å². The zero-order valence-corrected chi connectivity index (χ0v) is 9.80. The molecule has 0 radical (unpaired) electrons. The van der Waals surface area contributed by atoms with Crippen molar-refractivity contribution in [3.8, 4) is 0 Å². The van der Waals surface area contributed by atoms with Gasteiger partial charge in [0.15, 0.2) is 0 Å². The average Bonchev–Trinajstić information content (AvgIpc) is 2.07. The van der Waals surface area contributed by atoms with Crippen LogP contribution in [-0.2, 0) is 6.42 Å². The lowest BCUT2D eigenvalue weighted by Crippen LogP contribution is -1.91. The van der Waals surface area contributed by atoms with Crippen molar-refractivity contribution in [2.75, 3.05) is 5.33 Å². The highest BCUT2D eigenvalue weighted by Crippen LogP contribution is 2.28. The van der Waals surface area contributed by atoms with E-state index in [-0.39, 0.29) is 0 Å². The number of aryl methyl sites for hydroxylation is 1. The molecule has 0 fully saturated rings. The van der Waals surface area contributed by atoms with E-state index >= 15 is 0 Å². The van der Waals surface area contributed by atoms with Gasteiger partial charge in [-0.05, 0) is 30.5 Å². The van der Waals surface area contributed by atoms with Crippen molar-refractivity contribution < 1.29 is 0 Å². The van der Waals surface area contributed by atoms with Crippen LogP contribution in [0.4, 0.5) is 0 Å². The van der Waals surface area contributed by atoms with Gasteiger partial charge in [-0.2, -0.15) is 0 Å². The van der Waals surface area contributed by atoms with Gasteiger partial charge in [-0.25, -0.2) is 0 Å². The Kier molecular flexibility index (Phi) is 3.88. The van der Waals surface area contributed by atoms with Crippen molar-refractivity contribution in [2.45, 2.75) is 13.3 Å². The number of hydrogen-bond donors (Lipinski definition) is 0. The highest BCUT2D eigenvalue weighted by atomic mass is 79.9. The summed E-state index contributed by atoms with van der Waals surface area (Å²) in [6.07, 6.45) is 0.989. The van der Waals surface area contributed by atoms with Gasteiger partial charge in [-0.15, -0.1) is 0 Å². The fourth-order valence-corrected chi connectivity index (χ4v) is 1.88. The second-order valence-electron chi connectivity index (χ2n) is 2.58. The Morgan fingerprint density at radius 3 is 2.58 bits per heavy atom. The minimum absolute atomic E-state index is 0.632. The number of rotatable bonds is 2. The lowest BCUT2D eigenvalue weighted by Gasteiger charge is -2.06. The van der Waals surface area contributed by atoms with Crippen LogP contribution >= 0.6 is 39.1 Å². The molecule has 0 atom stereocenters. The van der Waals surface area contributed by atoms with Crippen LogP contribution in [0.5, 0.6) is 0 Å². The third-order valence-electron chi connectivity index (χ3n) is 1.82. The van der Waals surface area contributed by atoms with Crippen molar-refractivity contribution >= 4 is 39.1 Å². The highest BCUT2D eigenvalue weighted by molar-refractivity contribution is 9.09. The highest BCUT2D eigenvalue weighted by Gasteiger charge is 2.05. The molecule has 3 heteroatoms. The number of hydrogen-bond acceptors (Lipinski definition) is 0. The molecule has 0 nitrogen and oxygen atoms in total. The molecule has 66 valence electrons.